The van der Waals surface area contributed by atoms with Gasteiger partial charge in [0.05, 0.1) is 6.20 Å². The van der Waals surface area contributed by atoms with E-state index >= 15 is 0 Å². The Hall–Kier alpha value is -0.700. The molecule has 0 aromatic carbocycles. The number of rotatable bonds is 0. The van der Waals surface area contributed by atoms with Crippen LogP contribution in [-0.2, 0) is 13.0 Å². The highest BCUT2D eigenvalue weighted by atomic mass is 35.5. The number of nitrogens with zero attached hydrogens (tertiary/aromatic N) is 2. The van der Waals surface area contributed by atoms with Crippen LogP contribution in [0.1, 0.15) is 12.2 Å². The molecule has 2 heterocycles. The zero-order valence-electron chi connectivity index (χ0n) is 5.58. The molecule has 0 saturated heterocycles. The average Bonchev–Trinajstić information content (AvgIpc) is 2.35. The number of hydrogen-bond acceptors (Lipinski definition) is 2. The van der Waals surface area contributed by atoms with E-state index in [4.69, 9.17) is 5.73 Å². The number of nitrogen functional groups attached to an aromatic ring is 1. The lowest BCUT2D eigenvalue weighted by molar-refractivity contribution is 0.758. The Bertz CT molecular complexity index is 231. The lowest BCUT2D eigenvalue weighted by Gasteiger charge is -1.95. The third kappa shape index (κ3) is 0.865. The van der Waals surface area contributed by atoms with E-state index in [-0.39, 0.29) is 12.4 Å². The maximum absolute atomic E-state index is 5.59. The molecule has 0 atom stereocenters. The summed E-state index contributed by atoms with van der Waals surface area (Å²) >= 11 is 0. The van der Waals surface area contributed by atoms with Crippen LogP contribution in [-0.4, -0.2) is 9.55 Å². The summed E-state index contributed by atoms with van der Waals surface area (Å²) < 4.78 is 2.07. The summed E-state index contributed by atoms with van der Waals surface area (Å²) in [6.45, 7) is 1.06. The van der Waals surface area contributed by atoms with Crippen LogP contribution in [0.3, 0.4) is 0 Å². The zero-order chi connectivity index (χ0) is 6.27. The molecule has 2 rings (SSSR count). The molecule has 2 N–H and O–H groups in total. The maximum Gasteiger partial charge on any atom is 0.123 e. The molecule has 0 radical (unpaired) electrons. The summed E-state index contributed by atoms with van der Waals surface area (Å²) in [6, 6.07) is 0. The SMILES string of the molecule is Cl.Nc1cnc2n1CCC2. The van der Waals surface area contributed by atoms with Crippen molar-refractivity contribution in [2.75, 3.05) is 5.73 Å². The summed E-state index contributed by atoms with van der Waals surface area (Å²) in [5.41, 5.74) is 5.59. The number of fused-ring (bicyclic) bond motifs is 1. The minimum absolute atomic E-state index is 0. The Labute approximate surface area is 65.7 Å². The van der Waals surface area contributed by atoms with Crippen LogP contribution < -0.4 is 5.73 Å². The van der Waals surface area contributed by atoms with E-state index in [9.17, 15) is 0 Å². The van der Waals surface area contributed by atoms with Gasteiger partial charge in [0.15, 0.2) is 0 Å². The van der Waals surface area contributed by atoms with Gasteiger partial charge in [0.1, 0.15) is 11.6 Å². The van der Waals surface area contributed by atoms with E-state index in [1.807, 2.05) is 0 Å². The van der Waals surface area contributed by atoms with Gasteiger partial charge >= 0.3 is 0 Å². The Balaban J connectivity index is 0.000000500. The highest BCUT2D eigenvalue weighted by molar-refractivity contribution is 5.85. The third-order valence-corrected chi connectivity index (χ3v) is 1.75. The van der Waals surface area contributed by atoms with Crippen molar-refractivity contribution in [3.63, 3.8) is 0 Å². The number of nitrogens with two attached hydrogens (primary N) is 1. The second kappa shape index (κ2) is 2.50. The van der Waals surface area contributed by atoms with Crippen LogP contribution in [0.15, 0.2) is 6.20 Å². The van der Waals surface area contributed by atoms with E-state index in [1.54, 1.807) is 6.20 Å². The molecular weight excluding hydrogens is 150 g/mol. The third-order valence-electron chi connectivity index (χ3n) is 1.75. The largest absolute Gasteiger partial charge is 0.384 e. The monoisotopic (exact) mass is 159 g/mol. The zero-order valence-corrected chi connectivity index (χ0v) is 6.40. The highest BCUT2D eigenvalue weighted by Crippen LogP contribution is 2.16. The smallest absolute Gasteiger partial charge is 0.123 e. The Morgan fingerprint density at radius 2 is 2.40 bits per heavy atom. The number of imidazole rings is 1. The first-order valence-electron chi connectivity index (χ1n) is 3.18. The van der Waals surface area contributed by atoms with Crippen LogP contribution in [0, 0.1) is 0 Å². The van der Waals surface area contributed by atoms with Gasteiger partial charge in [-0.05, 0) is 6.42 Å². The number of hydrogen-bond donors (Lipinski definition) is 1. The molecule has 3 nitrogen and oxygen atoms in total. The van der Waals surface area contributed by atoms with Crippen LogP contribution in [0.4, 0.5) is 5.82 Å². The van der Waals surface area contributed by atoms with Crippen molar-refractivity contribution in [2.24, 2.45) is 0 Å². The predicted molar refractivity (Wildman–Crippen MR) is 42.2 cm³/mol. The molecule has 1 aromatic rings. The highest BCUT2D eigenvalue weighted by Gasteiger charge is 2.12. The summed E-state index contributed by atoms with van der Waals surface area (Å²) in [6.07, 6.45) is 4.03. The van der Waals surface area contributed by atoms with E-state index in [1.165, 1.54) is 6.42 Å². The molecule has 10 heavy (non-hydrogen) atoms. The van der Waals surface area contributed by atoms with Crippen LogP contribution in [0.25, 0.3) is 0 Å². The fraction of sp³-hybridized carbons (Fsp3) is 0.500. The Morgan fingerprint density at radius 3 is 3.10 bits per heavy atom. The fourth-order valence-corrected chi connectivity index (χ4v) is 1.28. The van der Waals surface area contributed by atoms with Crippen LogP contribution in [0.2, 0.25) is 0 Å². The van der Waals surface area contributed by atoms with E-state index in [0.29, 0.717) is 0 Å². The maximum atomic E-state index is 5.59. The van der Waals surface area contributed by atoms with Crippen molar-refractivity contribution in [1.29, 1.82) is 0 Å². The minimum Gasteiger partial charge on any atom is -0.384 e. The standard InChI is InChI=1S/C6H9N3.ClH/c7-5-4-8-6-2-1-3-9(5)6;/h4H,1-3,7H2;1H. The number of aryl methyl sites for hydroxylation is 1. The second-order valence-corrected chi connectivity index (χ2v) is 2.35. The molecule has 1 aromatic heterocycles. The summed E-state index contributed by atoms with van der Waals surface area (Å²) in [4.78, 5) is 4.13. The molecule has 4 heteroatoms. The van der Waals surface area contributed by atoms with Gasteiger partial charge in [0.2, 0.25) is 0 Å². The lowest BCUT2D eigenvalue weighted by atomic mass is 10.4. The second-order valence-electron chi connectivity index (χ2n) is 2.35. The van der Waals surface area contributed by atoms with Crippen molar-refractivity contribution in [3.8, 4) is 0 Å². The number of aromatic nitrogens is 2. The van der Waals surface area contributed by atoms with Crippen molar-refractivity contribution in [3.05, 3.63) is 12.0 Å². The molecule has 0 spiro atoms. The van der Waals surface area contributed by atoms with Crippen LogP contribution in [0.5, 0.6) is 0 Å². The van der Waals surface area contributed by atoms with E-state index < -0.39 is 0 Å². The molecule has 1 aliphatic rings. The first kappa shape index (κ1) is 7.41. The van der Waals surface area contributed by atoms with E-state index in [2.05, 4.69) is 9.55 Å². The summed E-state index contributed by atoms with van der Waals surface area (Å²) in [7, 11) is 0. The fourth-order valence-electron chi connectivity index (χ4n) is 1.28. The Morgan fingerprint density at radius 1 is 1.60 bits per heavy atom. The molecule has 0 fully saturated rings. The van der Waals surface area contributed by atoms with Crippen molar-refractivity contribution < 1.29 is 0 Å². The Kier molecular flexibility index (Phi) is 1.85. The molecule has 1 aliphatic heterocycles. The van der Waals surface area contributed by atoms with Crippen LogP contribution >= 0.6 is 12.4 Å². The minimum atomic E-state index is 0. The molecule has 56 valence electrons. The number of halogens is 1. The van der Waals surface area contributed by atoms with E-state index in [0.717, 1.165) is 24.6 Å². The van der Waals surface area contributed by atoms with Gasteiger partial charge in [0.25, 0.3) is 0 Å². The predicted octanol–water partition coefficient (Wildman–Crippen LogP) is 0.833. The molecule has 0 aliphatic carbocycles. The lowest BCUT2D eigenvalue weighted by Crippen LogP contribution is -1.97. The van der Waals surface area contributed by atoms with Crippen molar-refractivity contribution in [1.82, 2.24) is 9.55 Å². The van der Waals surface area contributed by atoms with Crippen molar-refractivity contribution in [2.45, 2.75) is 19.4 Å². The molecule has 0 bridgehead atoms. The van der Waals surface area contributed by atoms with Gasteiger partial charge in [-0.1, -0.05) is 0 Å². The van der Waals surface area contributed by atoms with Gasteiger partial charge in [-0.25, -0.2) is 4.98 Å². The molecule has 0 amide bonds. The average molecular weight is 160 g/mol. The van der Waals surface area contributed by atoms with Gasteiger partial charge in [0, 0.05) is 13.0 Å². The quantitative estimate of drug-likeness (QED) is 0.610. The normalized spacial score (nSPS) is 14.4. The summed E-state index contributed by atoms with van der Waals surface area (Å²) in [5.74, 6) is 1.95. The molecular formula is C6H10ClN3. The van der Waals surface area contributed by atoms with Gasteiger partial charge in [-0.3, -0.25) is 0 Å². The first-order chi connectivity index (χ1) is 4.38. The first-order valence-corrected chi connectivity index (χ1v) is 3.18. The number of anilines is 1. The van der Waals surface area contributed by atoms with Crippen molar-refractivity contribution >= 4 is 18.2 Å². The molecule has 0 saturated carbocycles. The molecule has 0 unspecified atom stereocenters. The topological polar surface area (TPSA) is 43.8 Å². The summed E-state index contributed by atoms with van der Waals surface area (Å²) in [5, 5.41) is 0. The van der Waals surface area contributed by atoms with Gasteiger partial charge in [-0.2, -0.15) is 0 Å². The van der Waals surface area contributed by atoms with Gasteiger partial charge < -0.3 is 10.3 Å². The van der Waals surface area contributed by atoms with Gasteiger partial charge in [-0.15, -0.1) is 12.4 Å².